The van der Waals surface area contributed by atoms with Crippen molar-refractivity contribution in [2.24, 2.45) is 5.41 Å². The standard InChI is InChI=1S/C16H22/c1-2-16(12-8-3-4-9-13-16)14-15-10-6-5-7-11-15/h2,5-7,10-11H,1,3-4,8-9,12-14H2. The van der Waals surface area contributed by atoms with Crippen molar-refractivity contribution < 1.29 is 0 Å². The second-order valence-corrected chi connectivity index (χ2v) is 5.14. The van der Waals surface area contributed by atoms with Gasteiger partial charge >= 0.3 is 0 Å². The first-order chi connectivity index (χ1) is 7.85. The van der Waals surface area contributed by atoms with E-state index in [1.165, 1.54) is 50.5 Å². The van der Waals surface area contributed by atoms with E-state index in [0.29, 0.717) is 5.41 Å². The molecule has 0 atom stereocenters. The second kappa shape index (κ2) is 5.34. The molecule has 0 aromatic heterocycles. The van der Waals surface area contributed by atoms with Gasteiger partial charge in [0, 0.05) is 0 Å². The van der Waals surface area contributed by atoms with Crippen LogP contribution in [0, 0.1) is 5.41 Å². The van der Waals surface area contributed by atoms with E-state index in [2.05, 4.69) is 43.0 Å². The number of rotatable bonds is 3. The van der Waals surface area contributed by atoms with E-state index < -0.39 is 0 Å². The normalized spacial score (nSPS) is 20.0. The van der Waals surface area contributed by atoms with E-state index in [9.17, 15) is 0 Å². The molecule has 16 heavy (non-hydrogen) atoms. The van der Waals surface area contributed by atoms with Gasteiger partial charge in [-0.15, -0.1) is 6.58 Å². The maximum absolute atomic E-state index is 4.09. The predicted octanol–water partition coefficient (Wildman–Crippen LogP) is 4.76. The largest absolute Gasteiger partial charge is 0.103 e. The Labute approximate surface area is 99.4 Å². The zero-order valence-electron chi connectivity index (χ0n) is 10.1. The predicted molar refractivity (Wildman–Crippen MR) is 70.5 cm³/mol. The smallest absolute Gasteiger partial charge is 0.00805 e. The molecular weight excluding hydrogens is 192 g/mol. The van der Waals surface area contributed by atoms with Gasteiger partial charge in [-0.1, -0.05) is 62.1 Å². The molecule has 1 saturated carbocycles. The van der Waals surface area contributed by atoms with Gasteiger partial charge in [-0.25, -0.2) is 0 Å². The highest BCUT2D eigenvalue weighted by molar-refractivity contribution is 5.18. The zero-order chi connectivity index (χ0) is 11.3. The van der Waals surface area contributed by atoms with Crippen molar-refractivity contribution >= 4 is 0 Å². The Kier molecular flexibility index (Phi) is 3.82. The third kappa shape index (κ3) is 2.75. The monoisotopic (exact) mass is 214 g/mol. The average Bonchev–Trinajstić information content (AvgIpc) is 2.57. The van der Waals surface area contributed by atoms with E-state index >= 15 is 0 Å². The molecule has 86 valence electrons. The minimum Gasteiger partial charge on any atom is -0.103 e. The van der Waals surface area contributed by atoms with Crippen LogP contribution in [0.25, 0.3) is 0 Å². The fourth-order valence-corrected chi connectivity index (χ4v) is 2.89. The van der Waals surface area contributed by atoms with Gasteiger partial charge in [0.05, 0.1) is 0 Å². The molecule has 2 rings (SSSR count). The lowest BCUT2D eigenvalue weighted by Crippen LogP contribution is -2.20. The summed E-state index contributed by atoms with van der Waals surface area (Å²) in [7, 11) is 0. The van der Waals surface area contributed by atoms with E-state index in [0.717, 1.165) is 0 Å². The van der Waals surface area contributed by atoms with Gasteiger partial charge in [-0.2, -0.15) is 0 Å². The number of benzene rings is 1. The third-order valence-corrected chi connectivity index (χ3v) is 3.93. The molecule has 1 aliphatic carbocycles. The summed E-state index contributed by atoms with van der Waals surface area (Å²) in [5, 5.41) is 0. The Morgan fingerprint density at radius 2 is 1.62 bits per heavy atom. The lowest BCUT2D eigenvalue weighted by molar-refractivity contribution is 0.327. The molecule has 0 heterocycles. The maximum Gasteiger partial charge on any atom is -0.00805 e. The molecule has 0 nitrogen and oxygen atoms in total. The van der Waals surface area contributed by atoms with Crippen LogP contribution in [0.4, 0.5) is 0 Å². The van der Waals surface area contributed by atoms with Crippen LogP contribution in [-0.4, -0.2) is 0 Å². The summed E-state index contributed by atoms with van der Waals surface area (Å²) in [5.41, 5.74) is 1.84. The minimum atomic E-state index is 0.373. The molecule has 0 radical (unpaired) electrons. The first kappa shape index (κ1) is 11.4. The highest BCUT2D eigenvalue weighted by Gasteiger charge is 2.27. The quantitative estimate of drug-likeness (QED) is 0.503. The fraction of sp³-hybridized carbons (Fsp3) is 0.500. The van der Waals surface area contributed by atoms with E-state index in [1.54, 1.807) is 0 Å². The number of hydrogen-bond donors (Lipinski definition) is 0. The summed E-state index contributed by atoms with van der Waals surface area (Å²) < 4.78 is 0. The van der Waals surface area contributed by atoms with Gasteiger partial charge in [0.25, 0.3) is 0 Å². The third-order valence-electron chi connectivity index (χ3n) is 3.93. The lowest BCUT2D eigenvalue weighted by atomic mass is 9.75. The van der Waals surface area contributed by atoms with Crippen LogP contribution in [-0.2, 0) is 6.42 Å². The van der Waals surface area contributed by atoms with Crippen molar-refractivity contribution in [3.63, 3.8) is 0 Å². The molecule has 0 spiro atoms. The van der Waals surface area contributed by atoms with Gasteiger partial charge in [-0.3, -0.25) is 0 Å². The average molecular weight is 214 g/mol. The molecule has 1 aromatic carbocycles. The first-order valence-electron chi connectivity index (χ1n) is 6.52. The van der Waals surface area contributed by atoms with Crippen LogP contribution in [0.2, 0.25) is 0 Å². The Hall–Kier alpha value is -1.04. The Balaban J connectivity index is 2.11. The molecule has 1 aromatic rings. The van der Waals surface area contributed by atoms with Crippen LogP contribution >= 0.6 is 0 Å². The van der Waals surface area contributed by atoms with Crippen LogP contribution < -0.4 is 0 Å². The molecule has 0 bridgehead atoms. The molecule has 0 N–H and O–H groups in total. The highest BCUT2D eigenvalue weighted by Crippen LogP contribution is 2.38. The maximum atomic E-state index is 4.09. The van der Waals surface area contributed by atoms with Gasteiger partial charge in [-0.05, 0) is 30.2 Å². The van der Waals surface area contributed by atoms with E-state index in [1.807, 2.05) is 0 Å². The topological polar surface area (TPSA) is 0 Å². The number of hydrogen-bond acceptors (Lipinski definition) is 0. The molecular formula is C16H22. The van der Waals surface area contributed by atoms with Crippen LogP contribution in [0.15, 0.2) is 43.0 Å². The van der Waals surface area contributed by atoms with Crippen molar-refractivity contribution in [3.8, 4) is 0 Å². The fourth-order valence-electron chi connectivity index (χ4n) is 2.89. The summed E-state index contributed by atoms with van der Waals surface area (Å²) >= 11 is 0. The van der Waals surface area contributed by atoms with Crippen LogP contribution in [0.5, 0.6) is 0 Å². The van der Waals surface area contributed by atoms with Crippen molar-refractivity contribution in [1.29, 1.82) is 0 Å². The highest BCUT2D eigenvalue weighted by atomic mass is 14.3. The second-order valence-electron chi connectivity index (χ2n) is 5.14. The van der Waals surface area contributed by atoms with Gasteiger partial charge in [0.15, 0.2) is 0 Å². The molecule has 0 saturated heterocycles. The number of allylic oxidation sites excluding steroid dienone is 1. The molecule has 1 aliphatic rings. The molecule has 0 unspecified atom stereocenters. The Morgan fingerprint density at radius 1 is 1.00 bits per heavy atom. The van der Waals surface area contributed by atoms with Crippen LogP contribution in [0.3, 0.4) is 0 Å². The van der Waals surface area contributed by atoms with E-state index in [4.69, 9.17) is 0 Å². The summed E-state index contributed by atoms with van der Waals surface area (Å²) in [6, 6.07) is 10.9. The van der Waals surface area contributed by atoms with E-state index in [-0.39, 0.29) is 0 Å². The molecule has 0 amide bonds. The van der Waals surface area contributed by atoms with Crippen molar-refractivity contribution in [3.05, 3.63) is 48.6 Å². The first-order valence-corrected chi connectivity index (χ1v) is 6.52. The Bertz CT molecular complexity index is 315. The van der Waals surface area contributed by atoms with Crippen LogP contribution in [0.1, 0.15) is 44.1 Å². The molecule has 0 heteroatoms. The van der Waals surface area contributed by atoms with Crippen molar-refractivity contribution in [1.82, 2.24) is 0 Å². The summed E-state index contributed by atoms with van der Waals surface area (Å²) in [6.45, 7) is 4.09. The lowest BCUT2D eigenvalue weighted by Gasteiger charge is -2.29. The van der Waals surface area contributed by atoms with Gasteiger partial charge in [0.2, 0.25) is 0 Å². The minimum absolute atomic E-state index is 0.373. The summed E-state index contributed by atoms with van der Waals surface area (Å²) in [4.78, 5) is 0. The molecule has 0 aliphatic heterocycles. The Morgan fingerprint density at radius 3 is 2.19 bits per heavy atom. The summed E-state index contributed by atoms with van der Waals surface area (Å²) in [5.74, 6) is 0. The SMILES string of the molecule is C=CC1(Cc2ccccc2)CCCCCC1. The molecule has 1 fully saturated rings. The van der Waals surface area contributed by atoms with Crippen molar-refractivity contribution in [2.45, 2.75) is 44.9 Å². The zero-order valence-corrected chi connectivity index (χ0v) is 10.1. The summed E-state index contributed by atoms with van der Waals surface area (Å²) in [6.07, 6.45) is 11.6. The van der Waals surface area contributed by atoms with Gasteiger partial charge < -0.3 is 0 Å². The van der Waals surface area contributed by atoms with Crippen molar-refractivity contribution in [2.75, 3.05) is 0 Å². The van der Waals surface area contributed by atoms with Gasteiger partial charge in [0.1, 0.15) is 0 Å².